The summed E-state index contributed by atoms with van der Waals surface area (Å²) in [4.78, 5) is 55.5. The van der Waals surface area contributed by atoms with E-state index in [1.165, 1.54) is 23.2 Å². The van der Waals surface area contributed by atoms with E-state index in [0.29, 0.717) is 38.6 Å². The lowest BCUT2D eigenvalue weighted by Gasteiger charge is -2.26. The minimum absolute atomic E-state index is 0.389. The summed E-state index contributed by atoms with van der Waals surface area (Å²) < 4.78 is 7.12. The molecule has 4 heterocycles. The van der Waals surface area contributed by atoms with Crippen molar-refractivity contribution in [1.29, 1.82) is 0 Å². The Morgan fingerprint density at radius 1 is 0.634 bits per heavy atom. The second kappa shape index (κ2) is 8.56. The van der Waals surface area contributed by atoms with Gasteiger partial charge in [-0.05, 0) is 42.0 Å². The van der Waals surface area contributed by atoms with Gasteiger partial charge in [-0.25, -0.2) is 9.59 Å². The summed E-state index contributed by atoms with van der Waals surface area (Å²) in [5, 5.41) is 1.75. The fraction of sp³-hybridized carbons (Fsp3) is 0.161. The van der Waals surface area contributed by atoms with Gasteiger partial charge in [0.15, 0.2) is 0 Å². The van der Waals surface area contributed by atoms with Crippen LogP contribution in [0.1, 0.15) is 5.56 Å². The molecule has 0 amide bonds. The molecule has 0 N–H and O–H groups in total. The Morgan fingerprint density at radius 2 is 1.22 bits per heavy atom. The Morgan fingerprint density at radius 3 is 1.88 bits per heavy atom. The van der Waals surface area contributed by atoms with E-state index in [1.807, 2.05) is 88.4 Å². The third kappa shape index (κ3) is 3.18. The van der Waals surface area contributed by atoms with E-state index < -0.39 is 23.0 Å². The molecule has 7 rings (SSSR count). The topological polar surface area (TPSA) is 96.2 Å². The molecule has 2 aromatic carbocycles. The van der Waals surface area contributed by atoms with E-state index >= 15 is 0 Å². The van der Waals surface area contributed by atoms with Gasteiger partial charge in [0.05, 0.1) is 22.3 Å². The molecule has 5 aromatic rings. The fourth-order valence-electron chi connectivity index (χ4n) is 6.20. The zero-order chi connectivity index (χ0) is 28.7. The minimum atomic E-state index is -0.512. The van der Waals surface area contributed by atoms with Crippen molar-refractivity contribution in [3.05, 3.63) is 125 Å². The van der Waals surface area contributed by atoms with Crippen LogP contribution < -0.4 is 38.0 Å². The van der Waals surface area contributed by atoms with Gasteiger partial charge < -0.3 is 4.90 Å². The second-order valence-electron chi connectivity index (χ2n) is 10.4. The van der Waals surface area contributed by atoms with Gasteiger partial charge in [-0.3, -0.25) is 32.4 Å². The van der Waals surface area contributed by atoms with E-state index in [4.69, 9.17) is 0 Å². The maximum atomic E-state index is 13.8. The van der Waals surface area contributed by atoms with E-state index in [1.54, 1.807) is 14.1 Å². The first-order valence-electron chi connectivity index (χ1n) is 13.2. The molecular formula is C31H26N6O4. The van der Waals surface area contributed by atoms with Gasteiger partial charge in [0.2, 0.25) is 0 Å². The zero-order valence-electron chi connectivity index (χ0n) is 22.9. The summed E-state index contributed by atoms with van der Waals surface area (Å²) in [6, 6.07) is 18.6. The van der Waals surface area contributed by atoms with E-state index in [-0.39, 0.29) is 5.56 Å². The van der Waals surface area contributed by atoms with Crippen LogP contribution in [0.3, 0.4) is 0 Å². The lowest BCUT2D eigenvalue weighted by atomic mass is 10.0. The molecule has 0 radical (unpaired) electrons. The molecule has 1 aliphatic heterocycles. The van der Waals surface area contributed by atoms with Gasteiger partial charge in [-0.15, -0.1) is 0 Å². The molecule has 3 aromatic heterocycles. The van der Waals surface area contributed by atoms with Crippen LogP contribution >= 0.6 is 0 Å². The number of aryl methyl sites for hydroxylation is 1. The van der Waals surface area contributed by atoms with Gasteiger partial charge in [0.1, 0.15) is 11.5 Å². The van der Waals surface area contributed by atoms with Crippen LogP contribution in [0.25, 0.3) is 34.4 Å². The van der Waals surface area contributed by atoms with Crippen molar-refractivity contribution in [3.63, 3.8) is 0 Å². The number of benzene rings is 2. The monoisotopic (exact) mass is 546 g/mol. The van der Waals surface area contributed by atoms with E-state index in [9.17, 15) is 19.2 Å². The smallest absolute Gasteiger partial charge is 0.316 e. The van der Waals surface area contributed by atoms with Gasteiger partial charge in [0.25, 0.3) is 11.1 Å². The van der Waals surface area contributed by atoms with Crippen LogP contribution in [0.4, 0.5) is 11.5 Å². The Bertz CT molecular complexity index is 2340. The van der Waals surface area contributed by atoms with Crippen molar-refractivity contribution in [1.82, 2.24) is 22.8 Å². The first kappa shape index (κ1) is 24.6. The predicted molar refractivity (Wildman–Crippen MR) is 159 cm³/mol. The third-order valence-electron chi connectivity index (χ3n) is 8.17. The molecule has 0 saturated heterocycles. The van der Waals surface area contributed by atoms with Crippen LogP contribution in [-0.4, -0.2) is 28.9 Å². The fourth-order valence-corrected chi connectivity index (χ4v) is 6.20. The number of nitrogens with zero attached hydrogens (tertiary/aromatic N) is 6. The Hall–Kier alpha value is -5.38. The molecule has 1 unspecified atom stereocenters. The third-order valence-corrected chi connectivity index (χ3v) is 8.17. The number of aromatic nitrogens is 5. The summed E-state index contributed by atoms with van der Waals surface area (Å²) >= 11 is 0. The molecule has 0 fully saturated rings. The van der Waals surface area contributed by atoms with Crippen molar-refractivity contribution < 1.29 is 0 Å². The highest BCUT2D eigenvalue weighted by atomic mass is 16.2. The number of para-hydroxylation sites is 2. The van der Waals surface area contributed by atoms with E-state index in [2.05, 4.69) is 0 Å². The molecule has 41 heavy (non-hydrogen) atoms. The summed E-state index contributed by atoms with van der Waals surface area (Å²) in [7, 11) is 6.27. The van der Waals surface area contributed by atoms with Crippen LogP contribution in [0, 0.1) is 0 Å². The maximum absolute atomic E-state index is 13.8. The average Bonchev–Trinajstić information content (AvgIpc) is 3.42. The molecule has 0 bridgehead atoms. The Labute approximate surface area is 232 Å². The highest BCUT2D eigenvalue weighted by Gasteiger charge is 2.39. The number of rotatable bonds is 2. The quantitative estimate of drug-likeness (QED) is 0.323. The first-order valence-corrected chi connectivity index (χ1v) is 13.2. The maximum Gasteiger partial charge on any atom is 0.332 e. The molecular weight excluding hydrogens is 520 g/mol. The largest absolute Gasteiger partial charge is 0.332 e. The Kier molecular flexibility index (Phi) is 5.14. The van der Waals surface area contributed by atoms with Crippen LogP contribution in [0.2, 0.25) is 0 Å². The highest BCUT2D eigenvalue weighted by Crippen LogP contribution is 2.43. The van der Waals surface area contributed by atoms with Crippen molar-refractivity contribution in [2.75, 3.05) is 4.90 Å². The van der Waals surface area contributed by atoms with Crippen LogP contribution in [0.5, 0.6) is 0 Å². The van der Waals surface area contributed by atoms with Crippen LogP contribution in [0.15, 0.2) is 85.9 Å². The lowest BCUT2D eigenvalue weighted by molar-refractivity contribution is 0.684. The summed E-state index contributed by atoms with van der Waals surface area (Å²) in [6.07, 6.45) is 5.75. The zero-order valence-corrected chi connectivity index (χ0v) is 22.9. The summed E-state index contributed by atoms with van der Waals surface area (Å²) in [5.41, 5.74) is 1.54. The van der Waals surface area contributed by atoms with Gasteiger partial charge in [-0.1, -0.05) is 42.5 Å². The number of fused-ring (bicyclic) bond motifs is 6. The van der Waals surface area contributed by atoms with Gasteiger partial charge in [-0.2, -0.15) is 0 Å². The van der Waals surface area contributed by atoms with Crippen molar-refractivity contribution >= 4 is 40.3 Å². The highest BCUT2D eigenvalue weighted by molar-refractivity contribution is 5.97. The van der Waals surface area contributed by atoms with Crippen molar-refractivity contribution in [3.8, 4) is 5.69 Å². The molecule has 0 saturated carbocycles. The summed E-state index contributed by atoms with van der Waals surface area (Å²) in [5.74, 6) is 0.487. The number of hydrogen-bond acceptors (Lipinski definition) is 5. The standard InChI is InChI=1S/C31H26N6O4/c1-32-26-24(28(38)34(3)30(32)40)20-15-16-22-21(17-23(20)37(26)19-13-9-6-10-14-19)25-27(33(2)31(41)35(4)29(25)39)36(22)18-11-7-5-8-12-18/h5-17,23H,1-4H3. The lowest BCUT2D eigenvalue weighted by Crippen LogP contribution is -2.40. The predicted octanol–water partition coefficient (Wildman–Crippen LogP) is 0.604. The molecule has 10 nitrogen and oxygen atoms in total. The summed E-state index contributed by atoms with van der Waals surface area (Å²) in [6.45, 7) is 0. The van der Waals surface area contributed by atoms with Crippen molar-refractivity contribution in [2.24, 2.45) is 28.2 Å². The van der Waals surface area contributed by atoms with Gasteiger partial charge >= 0.3 is 11.4 Å². The van der Waals surface area contributed by atoms with Gasteiger partial charge in [0, 0.05) is 44.8 Å². The Balaban J connectivity index is 1.70. The van der Waals surface area contributed by atoms with E-state index in [0.717, 1.165) is 20.5 Å². The SMILES string of the molecule is Cn1c2c(c(=O)n(C)c1=O)C1=CC=c3c(c4c(=O)n(C)c(=O)n(C)c4n3-c3ccccc3)=CC1N2c1ccccc1. The molecule has 1 atom stereocenters. The molecule has 204 valence electrons. The number of anilines is 2. The average molecular weight is 547 g/mol. The minimum Gasteiger partial charge on any atom is -0.316 e. The molecule has 1 aliphatic carbocycles. The van der Waals surface area contributed by atoms with Crippen molar-refractivity contribution in [2.45, 2.75) is 6.04 Å². The number of allylic oxidation sites excluding steroid dienone is 1. The molecule has 10 heteroatoms. The molecule has 2 aliphatic rings. The first-order chi connectivity index (χ1) is 19.7. The second-order valence-corrected chi connectivity index (χ2v) is 10.4. The normalized spacial score (nSPS) is 15.5. The number of hydrogen-bond donors (Lipinski definition) is 0. The van der Waals surface area contributed by atoms with Crippen LogP contribution in [-0.2, 0) is 28.2 Å². The molecule has 0 spiro atoms.